The number of benzene rings is 1. The summed E-state index contributed by atoms with van der Waals surface area (Å²) in [4.78, 5) is 63.3. The van der Waals surface area contributed by atoms with Crippen LogP contribution >= 0.6 is 0 Å². The Labute approximate surface area is 236 Å². The molecule has 11 nitrogen and oxygen atoms in total. The molecule has 1 rings (SSSR count). The highest BCUT2D eigenvalue weighted by Crippen LogP contribution is 2.14. The van der Waals surface area contributed by atoms with Crippen molar-refractivity contribution >= 4 is 29.7 Å². The van der Waals surface area contributed by atoms with Gasteiger partial charge in [0.2, 0.25) is 11.8 Å². The van der Waals surface area contributed by atoms with Crippen molar-refractivity contribution in [3.63, 3.8) is 0 Å². The molecule has 0 aliphatic heterocycles. The summed E-state index contributed by atoms with van der Waals surface area (Å²) in [5.74, 6) is -3.24. The Hall–Kier alpha value is -3.94. The summed E-state index contributed by atoms with van der Waals surface area (Å²) in [5.41, 5.74) is -0.757. The Morgan fingerprint density at radius 2 is 1.48 bits per heavy atom. The number of rotatable bonds is 12. The van der Waals surface area contributed by atoms with Crippen LogP contribution < -0.4 is 16.0 Å². The Kier molecular flexibility index (Phi) is 12.8. The van der Waals surface area contributed by atoms with Gasteiger partial charge in [-0.15, -0.1) is 0 Å². The lowest BCUT2D eigenvalue weighted by molar-refractivity contribution is -0.160. The third kappa shape index (κ3) is 13.2. The van der Waals surface area contributed by atoms with Gasteiger partial charge < -0.3 is 25.4 Å². The van der Waals surface area contributed by atoms with Crippen LogP contribution in [0.4, 0.5) is 0 Å². The number of nitrogens with zero attached hydrogens (tertiary/aromatic N) is 1. The number of nitrogens with one attached hydrogen (secondary N) is 3. The van der Waals surface area contributed by atoms with E-state index < -0.39 is 53.5 Å². The summed E-state index contributed by atoms with van der Waals surface area (Å²) >= 11 is 0. The zero-order valence-corrected chi connectivity index (χ0v) is 24.7. The number of esters is 2. The van der Waals surface area contributed by atoms with Crippen LogP contribution in [-0.4, -0.2) is 59.5 Å². The van der Waals surface area contributed by atoms with E-state index in [0.29, 0.717) is 11.1 Å². The molecule has 40 heavy (non-hydrogen) atoms. The van der Waals surface area contributed by atoms with Crippen LogP contribution in [0.1, 0.15) is 90.6 Å². The highest BCUT2D eigenvalue weighted by Gasteiger charge is 2.33. The van der Waals surface area contributed by atoms with Crippen LogP contribution in [0.5, 0.6) is 0 Å². The van der Waals surface area contributed by atoms with Gasteiger partial charge in [-0.2, -0.15) is 5.26 Å². The Bertz CT molecular complexity index is 1090. The van der Waals surface area contributed by atoms with Crippen LogP contribution in [-0.2, 0) is 28.7 Å². The molecule has 0 saturated heterocycles. The van der Waals surface area contributed by atoms with Gasteiger partial charge in [-0.05, 0) is 78.1 Å². The first-order valence-electron chi connectivity index (χ1n) is 13.2. The van der Waals surface area contributed by atoms with Crippen molar-refractivity contribution in [3.05, 3.63) is 35.4 Å². The molecule has 1 aromatic rings. The monoisotopic (exact) mass is 558 g/mol. The lowest BCUT2D eigenvalue weighted by atomic mass is 10.0. The van der Waals surface area contributed by atoms with Gasteiger partial charge in [0, 0.05) is 18.5 Å². The Morgan fingerprint density at radius 1 is 0.900 bits per heavy atom. The third-order valence-electron chi connectivity index (χ3n) is 5.21. The van der Waals surface area contributed by atoms with Crippen LogP contribution in [0.2, 0.25) is 0 Å². The highest BCUT2D eigenvalue weighted by atomic mass is 16.6. The van der Waals surface area contributed by atoms with Crippen molar-refractivity contribution in [2.75, 3.05) is 6.54 Å². The second-order valence-corrected chi connectivity index (χ2v) is 11.7. The van der Waals surface area contributed by atoms with E-state index in [1.807, 2.05) is 6.07 Å². The van der Waals surface area contributed by atoms with E-state index in [4.69, 9.17) is 14.7 Å². The van der Waals surface area contributed by atoms with E-state index in [0.717, 1.165) is 0 Å². The third-order valence-corrected chi connectivity index (χ3v) is 5.21. The molecule has 0 radical (unpaired) electrons. The molecule has 0 fully saturated rings. The van der Waals surface area contributed by atoms with Crippen molar-refractivity contribution < 1.29 is 33.4 Å². The van der Waals surface area contributed by atoms with E-state index in [-0.39, 0.29) is 31.2 Å². The number of amides is 3. The molecule has 11 heteroatoms. The normalized spacial score (nSPS) is 12.9. The average molecular weight is 559 g/mol. The summed E-state index contributed by atoms with van der Waals surface area (Å²) < 4.78 is 10.7. The average Bonchev–Trinajstić information content (AvgIpc) is 2.82. The van der Waals surface area contributed by atoms with E-state index >= 15 is 0 Å². The molecule has 0 heterocycles. The zero-order chi connectivity index (χ0) is 30.7. The van der Waals surface area contributed by atoms with E-state index in [9.17, 15) is 24.0 Å². The maximum atomic E-state index is 13.2. The minimum atomic E-state index is -1.29. The van der Waals surface area contributed by atoms with Gasteiger partial charge >= 0.3 is 11.9 Å². The number of ether oxygens (including phenoxy) is 2. The molecule has 3 amide bonds. The maximum Gasteiger partial charge on any atom is 0.329 e. The van der Waals surface area contributed by atoms with Crippen molar-refractivity contribution in [2.24, 2.45) is 5.92 Å². The quantitative estimate of drug-likeness (QED) is 0.260. The van der Waals surface area contributed by atoms with Gasteiger partial charge in [0.1, 0.15) is 23.3 Å². The molecular weight excluding hydrogens is 516 g/mol. The first kappa shape index (κ1) is 34.1. The van der Waals surface area contributed by atoms with Gasteiger partial charge in [-0.25, -0.2) is 4.79 Å². The Balaban J connectivity index is 2.83. The number of carbonyl (C=O) groups is 5. The summed E-state index contributed by atoms with van der Waals surface area (Å²) in [5, 5.41) is 16.7. The molecule has 220 valence electrons. The van der Waals surface area contributed by atoms with Gasteiger partial charge in [0.05, 0.1) is 18.1 Å². The van der Waals surface area contributed by atoms with Gasteiger partial charge in [0.15, 0.2) is 0 Å². The maximum absolute atomic E-state index is 13.2. The van der Waals surface area contributed by atoms with Crippen LogP contribution in [0.25, 0.3) is 0 Å². The van der Waals surface area contributed by atoms with Gasteiger partial charge in [0.25, 0.3) is 5.91 Å². The second-order valence-electron chi connectivity index (χ2n) is 11.7. The zero-order valence-electron chi connectivity index (χ0n) is 24.7. The van der Waals surface area contributed by atoms with Crippen molar-refractivity contribution in [1.82, 2.24) is 16.0 Å². The van der Waals surface area contributed by atoms with Gasteiger partial charge in [-0.3, -0.25) is 19.2 Å². The number of hydrogen-bond donors (Lipinski definition) is 3. The molecule has 0 saturated carbocycles. The first-order chi connectivity index (χ1) is 18.4. The SMILES string of the molecule is CC(C)[C@H](NC(=O)[C@H](CC(=O)OC(C)(C)C)NC(=O)CCCNC(=O)c1ccc(C#N)cc1)C(=O)OC(C)(C)C. The molecule has 0 aromatic heterocycles. The summed E-state index contributed by atoms with van der Waals surface area (Å²) in [6.45, 7) is 13.8. The molecule has 0 unspecified atom stereocenters. The molecule has 0 spiro atoms. The molecule has 0 aliphatic rings. The van der Waals surface area contributed by atoms with E-state index in [1.165, 1.54) is 24.3 Å². The molecule has 0 aliphatic carbocycles. The van der Waals surface area contributed by atoms with Crippen molar-refractivity contribution in [2.45, 2.75) is 97.9 Å². The van der Waals surface area contributed by atoms with Crippen LogP contribution in [0, 0.1) is 17.2 Å². The first-order valence-corrected chi connectivity index (χ1v) is 13.2. The van der Waals surface area contributed by atoms with Crippen molar-refractivity contribution in [1.29, 1.82) is 5.26 Å². The molecule has 0 bridgehead atoms. The van der Waals surface area contributed by atoms with Gasteiger partial charge in [-0.1, -0.05) is 13.8 Å². The molecule has 1 aromatic carbocycles. The molecular formula is C29H42N4O7. The predicted molar refractivity (Wildman–Crippen MR) is 148 cm³/mol. The number of hydrogen-bond acceptors (Lipinski definition) is 8. The molecule has 2 atom stereocenters. The number of carbonyl (C=O) groups excluding carboxylic acids is 5. The molecule has 3 N–H and O–H groups in total. The van der Waals surface area contributed by atoms with Crippen LogP contribution in [0.3, 0.4) is 0 Å². The van der Waals surface area contributed by atoms with E-state index in [2.05, 4.69) is 16.0 Å². The minimum Gasteiger partial charge on any atom is -0.460 e. The minimum absolute atomic E-state index is 0.0363. The lowest BCUT2D eigenvalue weighted by Gasteiger charge is -2.28. The number of nitriles is 1. The highest BCUT2D eigenvalue weighted by molar-refractivity contribution is 5.94. The fourth-order valence-electron chi connectivity index (χ4n) is 3.39. The Morgan fingerprint density at radius 3 is 1.98 bits per heavy atom. The van der Waals surface area contributed by atoms with E-state index in [1.54, 1.807) is 55.4 Å². The predicted octanol–water partition coefficient (Wildman–Crippen LogP) is 2.77. The van der Waals surface area contributed by atoms with Crippen molar-refractivity contribution in [3.8, 4) is 6.07 Å². The topological polar surface area (TPSA) is 164 Å². The smallest absolute Gasteiger partial charge is 0.329 e. The largest absolute Gasteiger partial charge is 0.460 e. The summed E-state index contributed by atoms with van der Waals surface area (Å²) in [6, 6.07) is 5.81. The lowest BCUT2D eigenvalue weighted by Crippen LogP contribution is -2.55. The fourth-order valence-corrected chi connectivity index (χ4v) is 3.39. The summed E-state index contributed by atoms with van der Waals surface area (Å²) in [7, 11) is 0. The standard InChI is InChI=1S/C29H42N4O7/c1-18(2)24(27(38)40-29(6,7)8)33-26(37)21(16-23(35)39-28(3,4)5)32-22(34)10-9-15-31-25(36)20-13-11-19(17-30)12-14-20/h11-14,18,21,24H,9-10,15-16H2,1-8H3,(H,31,36)(H,32,34)(H,33,37)/t21-,24-/m0/s1. The fraction of sp³-hybridized carbons (Fsp3) is 0.586. The summed E-state index contributed by atoms with van der Waals surface area (Å²) in [6.07, 6.45) is -0.212. The van der Waals surface area contributed by atoms with Crippen LogP contribution in [0.15, 0.2) is 24.3 Å². The second kappa shape index (κ2) is 15.0.